The molecule has 164 valence electrons. The van der Waals surface area contributed by atoms with Gasteiger partial charge in [-0.15, -0.1) is 0 Å². The zero-order chi connectivity index (χ0) is 22.7. The summed E-state index contributed by atoms with van der Waals surface area (Å²) in [5.74, 6) is -0.949. The molecule has 1 atom stereocenters. The molecular weight excluding hydrogens is 405 g/mol. The maximum Gasteiger partial charge on any atom is 0.304 e. The summed E-state index contributed by atoms with van der Waals surface area (Å²) in [5, 5.41) is 2.84. The average molecular weight is 436 g/mol. The first-order valence-corrected chi connectivity index (χ1v) is 11.1. The topological polar surface area (TPSA) is 69.7 Å². The Kier molecular flexibility index (Phi) is 7.26. The Balaban J connectivity index is 2.18. The summed E-state index contributed by atoms with van der Waals surface area (Å²) in [7, 11) is -1.18. The van der Waals surface area contributed by atoms with Gasteiger partial charge in [0.25, 0.3) is 0 Å². The van der Waals surface area contributed by atoms with Crippen LogP contribution in [0.25, 0.3) is 0 Å². The van der Waals surface area contributed by atoms with E-state index in [0.29, 0.717) is 0 Å². The van der Waals surface area contributed by atoms with Crippen LogP contribution in [0.4, 0.5) is 10.1 Å². The van der Waals surface area contributed by atoms with Crippen molar-refractivity contribution in [2.45, 2.75) is 39.2 Å². The predicted molar refractivity (Wildman–Crippen MR) is 118 cm³/mol. The molecule has 0 fully saturated rings. The highest BCUT2D eigenvalue weighted by Gasteiger charge is 2.28. The van der Waals surface area contributed by atoms with Crippen LogP contribution >= 0.6 is 0 Å². The van der Waals surface area contributed by atoms with E-state index in [-0.39, 0.29) is 17.1 Å². The van der Waals surface area contributed by atoms with Gasteiger partial charge in [0.2, 0.25) is 5.91 Å². The van der Waals surface area contributed by atoms with E-state index in [2.05, 4.69) is 26.1 Å². The molecule has 0 aliphatic carbocycles. The summed E-state index contributed by atoms with van der Waals surface area (Å²) in [6.45, 7) is 7.80. The third-order valence-corrected chi connectivity index (χ3v) is 6.62. The standard InChI is InChI=1S/C22H30FN3O3S/c1-16(17-7-9-18(10-8-17)22(2,3)4)24-21(27)15-26(30(28,29)25(5)6)20-13-11-19(23)12-14-20/h7-14,16H,15H2,1-6H3,(H,24,27)/t16-/m0/s1. The zero-order valence-electron chi connectivity index (χ0n) is 18.3. The van der Waals surface area contributed by atoms with E-state index in [4.69, 9.17) is 0 Å². The van der Waals surface area contributed by atoms with E-state index in [0.717, 1.165) is 26.3 Å². The summed E-state index contributed by atoms with van der Waals surface area (Å²) in [6.07, 6.45) is 0. The molecule has 2 aromatic rings. The lowest BCUT2D eigenvalue weighted by atomic mass is 9.86. The molecule has 0 aliphatic heterocycles. The summed E-state index contributed by atoms with van der Waals surface area (Å²) >= 11 is 0. The van der Waals surface area contributed by atoms with E-state index < -0.39 is 28.5 Å². The minimum Gasteiger partial charge on any atom is -0.348 e. The highest BCUT2D eigenvalue weighted by Crippen LogP contribution is 2.24. The minimum atomic E-state index is -3.94. The molecular formula is C22H30FN3O3S. The van der Waals surface area contributed by atoms with Gasteiger partial charge in [-0.1, -0.05) is 45.0 Å². The first-order chi connectivity index (χ1) is 13.8. The Morgan fingerprint density at radius 3 is 2.03 bits per heavy atom. The molecule has 0 aliphatic rings. The Bertz CT molecular complexity index is 966. The molecule has 0 aromatic heterocycles. The molecule has 2 aromatic carbocycles. The van der Waals surface area contributed by atoms with Gasteiger partial charge in [-0.05, 0) is 47.7 Å². The first-order valence-electron chi connectivity index (χ1n) is 9.68. The zero-order valence-corrected chi connectivity index (χ0v) is 19.1. The molecule has 2 rings (SSSR count). The van der Waals surface area contributed by atoms with Gasteiger partial charge in [0, 0.05) is 14.1 Å². The van der Waals surface area contributed by atoms with Gasteiger partial charge >= 0.3 is 10.2 Å². The third-order valence-electron chi connectivity index (χ3n) is 4.80. The van der Waals surface area contributed by atoms with Gasteiger partial charge in [-0.3, -0.25) is 4.79 Å². The Morgan fingerprint density at radius 2 is 1.57 bits per heavy atom. The van der Waals surface area contributed by atoms with Crippen molar-refractivity contribution in [2.75, 3.05) is 24.9 Å². The number of carbonyl (C=O) groups is 1. The van der Waals surface area contributed by atoms with Crippen LogP contribution in [-0.4, -0.2) is 39.3 Å². The number of amides is 1. The molecule has 8 heteroatoms. The highest BCUT2D eigenvalue weighted by atomic mass is 32.2. The third kappa shape index (κ3) is 5.79. The van der Waals surface area contributed by atoms with Crippen molar-refractivity contribution in [3.05, 3.63) is 65.5 Å². The molecule has 0 saturated carbocycles. The lowest BCUT2D eigenvalue weighted by Crippen LogP contribution is -2.46. The molecule has 0 spiro atoms. The average Bonchev–Trinajstić information content (AvgIpc) is 2.66. The summed E-state index contributed by atoms with van der Waals surface area (Å²) in [6, 6.07) is 12.6. The van der Waals surface area contributed by atoms with E-state index in [1.807, 2.05) is 31.2 Å². The van der Waals surface area contributed by atoms with Gasteiger partial charge in [0.15, 0.2) is 0 Å². The second kappa shape index (κ2) is 9.14. The van der Waals surface area contributed by atoms with E-state index in [1.54, 1.807) is 0 Å². The molecule has 0 heterocycles. The molecule has 6 nitrogen and oxygen atoms in total. The van der Waals surface area contributed by atoms with Crippen LogP contribution in [0.5, 0.6) is 0 Å². The second-order valence-electron chi connectivity index (χ2n) is 8.43. The Hall–Kier alpha value is -2.45. The Labute approximate surface area is 178 Å². The van der Waals surface area contributed by atoms with Crippen molar-refractivity contribution < 1.29 is 17.6 Å². The van der Waals surface area contributed by atoms with Gasteiger partial charge in [0.1, 0.15) is 12.4 Å². The van der Waals surface area contributed by atoms with Gasteiger partial charge in [0.05, 0.1) is 11.7 Å². The lowest BCUT2D eigenvalue weighted by molar-refractivity contribution is -0.120. The SMILES string of the molecule is C[C@H](NC(=O)CN(c1ccc(F)cc1)S(=O)(=O)N(C)C)c1ccc(C(C)(C)C)cc1. The largest absolute Gasteiger partial charge is 0.348 e. The fourth-order valence-corrected chi connectivity index (χ4v) is 3.95. The monoisotopic (exact) mass is 435 g/mol. The molecule has 0 unspecified atom stereocenters. The molecule has 0 radical (unpaired) electrons. The highest BCUT2D eigenvalue weighted by molar-refractivity contribution is 7.90. The van der Waals surface area contributed by atoms with Crippen LogP contribution in [0.2, 0.25) is 0 Å². The van der Waals surface area contributed by atoms with Crippen LogP contribution < -0.4 is 9.62 Å². The number of carbonyl (C=O) groups excluding carboxylic acids is 1. The fraction of sp³-hybridized carbons (Fsp3) is 0.409. The van der Waals surface area contributed by atoms with E-state index >= 15 is 0 Å². The number of halogens is 1. The number of anilines is 1. The van der Waals surface area contributed by atoms with Gasteiger partial charge in [-0.25, -0.2) is 8.70 Å². The number of rotatable bonds is 7. The van der Waals surface area contributed by atoms with Crippen molar-refractivity contribution >= 4 is 21.8 Å². The molecule has 0 saturated heterocycles. The summed E-state index contributed by atoms with van der Waals surface area (Å²) in [4.78, 5) is 12.7. The van der Waals surface area contributed by atoms with Gasteiger partial charge in [-0.2, -0.15) is 12.7 Å². The number of hydrogen-bond acceptors (Lipinski definition) is 3. The lowest BCUT2D eigenvalue weighted by Gasteiger charge is -2.27. The van der Waals surface area contributed by atoms with Crippen molar-refractivity contribution in [1.29, 1.82) is 0 Å². The molecule has 30 heavy (non-hydrogen) atoms. The van der Waals surface area contributed by atoms with Crippen LogP contribution in [0.1, 0.15) is 44.9 Å². The van der Waals surface area contributed by atoms with Crippen LogP contribution in [0.3, 0.4) is 0 Å². The van der Waals surface area contributed by atoms with Crippen molar-refractivity contribution in [2.24, 2.45) is 0 Å². The number of nitrogens with one attached hydrogen (secondary N) is 1. The fourth-order valence-electron chi connectivity index (χ4n) is 2.88. The van der Waals surface area contributed by atoms with Crippen LogP contribution in [0, 0.1) is 5.82 Å². The second-order valence-corrected chi connectivity index (χ2v) is 10.5. The predicted octanol–water partition coefficient (Wildman–Crippen LogP) is 3.61. The number of benzene rings is 2. The van der Waals surface area contributed by atoms with Crippen LogP contribution in [0.15, 0.2) is 48.5 Å². The van der Waals surface area contributed by atoms with Crippen molar-refractivity contribution in [3.8, 4) is 0 Å². The van der Waals surface area contributed by atoms with Crippen LogP contribution in [-0.2, 0) is 20.4 Å². The normalized spacial score (nSPS) is 13.2. The van der Waals surface area contributed by atoms with Gasteiger partial charge < -0.3 is 5.32 Å². The maximum atomic E-state index is 13.3. The summed E-state index contributed by atoms with van der Waals surface area (Å²) < 4.78 is 40.7. The quantitative estimate of drug-likeness (QED) is 0.722. The smallest absolute Gasteiger partial charge is 0.304 e. The molecule has 0 bridgehead atoms. The maximum absolute atomic E-state index is 13.3. The molecule has 1 amide bonds. The van der Waals surface area contributed by atoms with Crippen molar-refractivity contribution in [3.63, 3.8) is 0 Å². The number of nitrogens with zero attached hydrogens (tertiary/aromatic N) is 2. The summed E-state index contributed by atoms with van der Waals surface area (Å²) in [5.41, 5.74) is 2.34. The first kappa shape index (κ1) is 23.8. The minimum absolute atomic E-state index is 0.0290. The van der Waals surface area contributed by atoms with Crippen molar-refractivity contribution in [1.82, 2.24) is 9.62 Å². The van der Waals surface area contributed by atoms with E-state index in [1.165, 1.54) is 31.8 Å². The molecule has 1 N–H and O–H groups in total. The number of hydrogen-bond donors (Lipinski definition) is 1. The Morgan fingerprint density at radius 1 is 1.03 bits per heavy atom. The van der Waals surface area contributed by atoms with E-state index in [9.17, 15) is 17.6 Å².